The van der Waals surface area contributed by atoms with Gasteiger partial charge in [0.05, 0.1) is 31.5 Å². The average molecular weight is 450 g/mol. The molecule has 2 aromatic carbocycles. The number of methoxy groups -OCH3 is 1. The van der Waals surface area contributed by atoms with Crippen molar-refractivity contribution in [2.45, 2.75) is 19.8 Å². The van der Waals surface area contributed by atoms with Crippen LogP contribution in [0.2, 0.25) is 0 Å². The SMILES string of the molecule is CCC(=NOCCN(C(=O)OC)c1cccc(CC(=O)O)c1)c1ccc(-n2cccn2)cc1. The lowest BCUT2D eigenvalue weighted by atomic mass is 10.1. The zero-order valence-corrected chi connectivity index (χ0v) is 18.5. The Labute approximate surface area is 191 Å². The lowest BCUT2D eigenvalue weighted by Gasteiger charge is -2.21. The molecule has 1 N–H and O–H groups in total. The minimum Gasteiger partial charge on any atom is -0.481 e. The molecule has 1 amide bonds. The van der Waals surface area contributed by atoms with Crippen molar-refractivity contribution in [2.24, 2.45) is 5.16 Å². The number of nitrogens with zero attached hydrogens (tertiary/aromatic N) is 4. The molecular formula is C24H26N4O5. The molecular weight excluding hydrogens is 424 g/mol. The first-order chi connectivity index (χ1) is 16.0. The van der Waals surface area contributed by atoms with E-state index in [-0.39, 0.29) is 19.6 Å². The number of carbonyl (C=O) groups excluding carboxylic acids is 1. The van der Waals surface area contributed by atoms with E-state index in [9.17, 15) is 9.59 Å². The van der Waals surface area contributed by atoms with E-state index in [0.717, 1.165) is 17.0 Å². The summed E-state index contributed by atoms with van der Waals surface area (Å²) in [5.74, 6) is -0.945. The zero-order chi connectivity index (χ0) is 23.6. The van der Waals surface area contributed by atoms with Crippen LogP contribution in [0.5, 0.6) is 0 Å². The standard InChI is InChI=1S/C24H26N4O5/c1-3-22(19-8-10-20(11-9-19)28-13-5-12-25-28)26-33-15-14-27(24(31)32-2)21-7-4-6-18(16-21)17-23(29)30/h4-13,16H,3,14-15,17H2,1-2H3,(H,29,30). The number of hydrogen-bond acceptors (Lipinski definition) is 6. The topological polar surface area (TPSA) is 106 Å². The van der Waals surface area contributed by atoms with Gasteiger partial charge in [-0.2, -0.15) is 5.10 Å². The summed E-state index contributed by atoms with van der Waals surface area (Å²) in [6.45, 7) is 2.30. The zero-order valence-electron chi connectivity index (χ0n) is 18.5. The van der Waals surface area contributed by atoms with Crippen molar-refractivity contribution in [1.82, 2.24) is 9.78 Å². The molecule has 3 aromatic rings. The van der Waals surface area contributed by atoms with Crippen molar-refractivity contribution in [3.05, 3.63) is 78.1 Å². The minimum absolute atomic E-state index is 0.132. The summed E-state index contributed by atoms with van der Waals surface area (Å²) >= 11 is 0. The number of hydrogen-bond donors (Lipinski definition) is 1. The Morgan fingerprint density at radius 1 is 1.15 bits per heavy atom. The first-order valence-corrected chi connectivity index (χ1v) is 10.5. The second-order valence-electron chi connectivity index (χ2n) is 7.08. The molecule has 0 saturated carbocycles. The van der Waals surface area contributed by atoms with Gasteiger partial charge in [0.25, 0.3) is 0 Å². The summed E-state index contributed by atoms with van der Waals surface area (Å²) in [6.07, 6.45) is 3.56. The largest absolute Gasteiger partial charge is 0.481 e. The number of oxime groups is 1. The van der Waals surface area contributed by atoms with Gasteiger partial charge in [-0.1, -0.05) is 36.3 Å². The van der Waals surface area contributed by atoms with Crippen molar-refractivity contribution in [3.63, 3.8) is 0 Å². The smallest absolute Gasteiger partial charge is 0.414 e. The predicted molar refractivity (Wildman–Crippen MR) is 124 cm³/mol. The molecule has 172 valence electrons. The number of rotatable bonds is 10. The molecule has 3 rings (SSSR count). The highest BCUT2D eigenvalue weighted by molar-refractivity contribution is 6.00. The summed E-state index contributed by atoms with van der Waals surface area (Å²) in [4.78, 5) is 30.2. The fraction of sp³-hybridized carbons (Fsp3) is 0.250. The summed E-state index contributed by atoms with van der Waals surface area (Å²) in [6, 6.07) is 16.4. The van der Waals surface area contributed by atoms with E-state index < -0.39 is 12.1 Å². The lowest BCUT2D eigenvalue weighted by molar-refractivity contribution is -0.136. The number of anilines is 1. The normalized spacial score (nSPS) is 11.2. The fourth-order valence-corrected chi connectivity index (χ4v) is 3.25. The molecule has 0 aliphatic rings. The molecule has 0 bridgehead atoms. The van der Waals surface area contributed by atoms with Crippen LogP contribution < -0.4 is 4.90 Å². The van der Waals surface area contributed by atoms with Gasteiger partial charge in [0.2, 0.25) is 0 Å². The average Bonchev–Trinajstić information content (AvgIpc) is 3.36. The molecule has 0 saturated heterocycles. The van der Waals surface area contributed by atoms with Crippen molar-refractivity contribution in [2.75, 3.05) is 25.2 Å². The maximum absolute atomic E-state index is 12.3. The van der Waals surface area contributed by atoms with E-state index in [1.807, 2.05) is 43.5 Å². The number of carboxylic acid groups (broad SMARTS) is 1. The summed E-state index contributed by atoms with van der Waals surface area (Å²) < 4.78 is 6.64. The number of ether oxygens (including phenoxy) is 1. The van der Waals surface area contributed by atoms with Crippen LogP contribution in [0, 0.1) is 0 Å². The van der Waals surface area contributed by atoms with Crippen LogP contribution in [0.4, 0.5) is 10.5 Å². The Morgan fingerprint density at radius 3 is 2.58 bits per heavy atom. The fourth-order valence-electron chi connectivity index (χ4n) is 3.25. The van der Waals surface area contributed by atoms with E-state index in [2.05, 4.69) is 10.3 Å². The van der Waals surface area contributed by atoms with Crippen LogP contribution in [-0.2, 0) is 20.8 Å². The number of amides is 1. The van der Waals surface area contributed by atoms with Gasteiger partial charge in [-0.05, 0) is 47.9 Å². The molecule has 0 atom stereocenters. The minimum atomic E-state index is -0.945. The third-order valence-electron chi connectivity index (χ3n) is 4.86. The third-order valence-corrected chi connectivity index (χ3v) is 4.86. The highest BCUT2D eigenvalue weighted by Gasteiger charge is 2.17. The van der Waals surface area contributed by atoms with Crippen molar-refractivity contribution in [3.8, 4) is 5.69 Å². The van der Waals surface area contributed by atoms with E-state index >= 15 is 0 Å². The van der Waals surface area contributed by atoms with E-state index in [4.69, 9.17) is 14.7 Å². The van der Waals surface area contributed by atoms with Crippen LogP contribution in [0.25, 0.3) is 5.69 Å². The highest BCUT2D eigenvalue weighted by Crippen LogP contribution is 2.18. The second kappa shape index (κ2) is 11.5. The first kappa shape index (κ1) is 23.5. The van der Waals surface area contributed by atoms with Crippen LogP contribution >= 0.6 is 0 Å². The van der Waals surface area contributed by atoms with Gasteiger partial charge < -0.3 is 14.7 Å². The van der Waals surface area contributed by atoms with Crippen molar-refractivity contribution >= 4 is 23.5 Å². The van der Waals surface area contributed by atoms with Gasteiger partial charge in [-0.25, -0.2) is 9.48 Å². The quantitative estimate of drug-likeness (QED) is 0.285. The monoisotopic (exact) mass is 450 g/mol. The molecule has 1 aromatic heterocycles. The highest BCUT2D eigenvalue weighted by atomic mass is 16.6. The molecule has 33 heavy (non-hydrogen) atoms. The number of benzene rings is 2. The Hall–Kier alpha value is -4.14. The van der Waals surface area contributed by atoms with E-state index in [1.54, 1.807) is 35.1 Å². The lowest BCUT2D eigenvalue weighted by Crippen LogP contribution is -2.33. The maximum Gasteiger partial charge on any atom is 0.414 e. The predicted octanol–water partition coefficient (Wildman–Crippen LogP) is 3.90. The maximum atomic E-state index is 12.3. The van der Waals surface area contributed by atoms with Gasteiger partial charge in [0, 0.05) is 18.1 Å². The molecule has 0 unspecified atom stereocenters. The Morgan fingerprint density at radius 2 is 1.94 bits per heavy atom. The van der Waals surface area contributed by atoms with Gasteiger partial charge >= 0.3 is 12.1 Å². The molecule has 0 aliphatic heterocycles. The first-order valence-electron chi connectivity index (χ1n) is 10.5. The summed E-state index contributed by atoms with van der Waals surface area (Å²) in [5, 5.41) is 17.5. The summed E-state index contributed by atoms with van der Waals surface area (Å²) in [7, 11) is 1.29. The third kappa shape index (κ3) is 6.42. The van der Waals surface area contributed by atoms with Crippen molar-refractivity contribution < 1.29 is 24.3 Å². The Balaban J connectivity index is 1.65. The Kier molecular flexibility index (Phi) is 8.18. The number of carboxylic acids is 1. The van der Waals surface area contributed by atoms with Crippen LogP contribution in [-0.4, -0.2) is 52.9 Å². The number of carbonyl (C=O) groups is 2. The van der Waals surface area contributed by atoms with E-state index in [0.29, 0.717) is 17.7 Å². The number of aromatic nitrogens is 2. The molecule has 0 aliphatic carbocycles. The van der Waals surface area contributed by atoms with Crippen LogP contribution in [0.3, 0.4) is 0 Å². The second-order valence-corrected chi connectivity index (χ2v) is 7.08. The summed E-state index contributed by atoms with van der Waals surface area (Å²) in [5.41, 5.74) is 3.76. The van der Waals surface area contributed by atoms with Crippen molar-refractivity contribution in [1.29, 1.82) is 0 Å². The molecule has 0 radical (unpaired) electrons. The molecule has 1 heterocycles. The van der Waals surface area contributed by atoms with Gasteiger partial charge in [-0.3, -0.25) is 9.69 Å². The molecule has 0 spiro atoms. The van der Waals surface area contributed by atoms with Gasteiger partial charge in [-0.15, -0.1) is 0 Å². The Bertz CT molecular complexity index is 1090. The molecule has 9 heteroatoms. The molecule has 0 fully saturated rings. The van der Waals surface area contributed by atoms with Crippen LogP contribution in [0.15, 0.2) is 72.1 Å². The van der Waals surface area contributed by atoms with Crippen LogP contribution in [0.1, 0.15) is 24.5 Å². The van der Waals surface area contributed by atoms with E-state index in [1.165, 1.54) is 12.0 Å². The van der Waals surface area contributed by atoms with Gasteiger partial charge in [0.1, 0.15) is 6.61 Å². The molecule has 9 nitrogen and oxygen atoms in total. The van der Waals surface area contributed by atoms with Gasteiger partial charge in [0.15, 0.2) is 0 Å². The number of aliphatic carboxylic acids is 1.